The molecule has 9 heteroatoms. The molecule has 2 heterocycles. The molecule has 0 radical (unpaired) electrons. The molecule has 0 aliphatic carbocycles. The number of nitrogens with one attached hydrogen (secondary N) is 2. The van der Waals surface area contributed by atoms with Gasteiger partial charge in [0.15, 0.2) is 5.82 Å². The van der Waals surface area contributed by atoms with Crippen molar-refractivity contribution in [2.75, 3.05) is 11.1 Å². The average Bonchev–Trinajstić information content (AvgIpc) is 2.95. The van der Waals surface area contributed by atoms with Gasteiger partial charge in [0.1, 0.15) is 5.82 Å². The molecule has 0 spiro atoms. The van der Waals surface area contributed by atoms with Gasteiger partial charge in [-0.2, -0.15) is 0 Å². The first-order chi connectivity index (χ1) is 11.3. The zero-order valence-corrected chi connectivity index (χ0v) is 14.5. The summed E-state index contributed by atoms with van der Waals surface area (Å²) in [6, 6.07) is 3.51. The van der Waals surface area contributed by atoms with E-state index in [0.29, 0.717) is 28.1 Å². The van der Waals surface area contributed by atoms with Gasteiger partial charge in [-0.05, 0) is 12.1 Å². The highest BCUT2D eigenvalue weighted by atomic mass is 32.2. The number of aromatic amines is 1. The van der Waals surface area contributed by atoms with Gasteiger partial charge in [0.2, 0.25) is 11.1 Å². The molecule has 0 aromatic carbocycles. The molecule has 1 amide bonds. The first-order valence-corrected chi connectivity index (χ1v) is 8.30. The molecule has 0 saturated heterocycles. The third-order valence-electron chi connectivity index (χ3n) is 2.99. The van der Waals surface area contributed by atoms with E-state index in [1.54, 1.807) is 18.3 Å². The number of amides is 1. The minimum absolute atomic E-state index is 0.0360. The van der Waals surface area contributed by atoms with Crippen molar-refractivity contribution in [3.63, 3.8) is 0 Å². The summed E-state index contributed by atoms with van der Waals surface area (Å²) in [5.74, 6) is 0.226. The number of carboxylic acids is 1. The van der Waals surface area contributed by atoms with Crippen LogP contribution in [0.2, 0.25) is 0 Å². The van der Waals surface area contributed by atoms with E-state index in [-0.39, 0.29) is 12.3 Å². The van der Waals surface area contributed by atoms with Gasteiger partial charge in [-0.1, -0.05) is 32.5 Å². The molecule has 0 saturated carbocycles. The molecule has 0 aliphatic heterocycles. The maximum Gasteiger partial charge on any atom is 0.304 e. The van der Waals surface area contributed by atoms with E-state index in [2.05, 4.69) is 25.5 Å². The second-order valence-electron chi connectivity index (χ2n) is 6.06. The van der Waals surface area contributed by atoms with E-state index >= 15 is 0 Å². The largest absolute Gasteiger partial charge is 0.481 e. The predicted molar refractivity (Wildman–Crippen MR) is 90.7 cm³/mol. The fourth-order valence-electron chi connectivity index (χ4n) is 1.65. The Morgan fingerprint density at radius 3 is 2.79 bits per heavy atom. The van der Waals surface area contributed by atoms with Crippen LogP contribution in [0.25, 0.3) is 11.4 Å². The van der Waals surface area contributed by atoms with Crippen LogP contribution in [-0.4, -0.2) is 42.9 Å². The summed E-state index contributed by atoms with van der Waals surface area (Å²) in [7, 11) is 0. The topological polar surface area (TPSA) is 121 Å². The highest BCUT2D eigenvalue weighted by molar-refractivity contribution is 7.99. The normalized spacial score (nSPS) is 11.3. The second kappa shape index (κ2) is 7.43. The van der Waals surface area contributed by atoms with Gasteiger partial charge in [-0.25, -0.2) is 9.97 Å². The van der Waals surface area contributed by atoms with Gasteiger partial charge in [-0.15, -0.1) is 5.10 Å². The summed E-state index contributed by atoms with van der Waals surface area (Å²) in [5, 5.41) is 18.7. The SMILES string of the molecule is CC(C)(C)C(=O)Nc1ncccc1-c1nc(SCCC(=O)O)n[nH]1. The lowest BCUT2D eigenvalue weighted by molar-refractivity contribution is -0.136. The Balaban J connectivity index is 2.16. The maximum absolute atomic E-state index is 12.2. The molecular formula is C15H19N5O3S. The fourth-order valence-corrected chi connectivity index (χ4v) is 2.38. The summed E-state index contributed by atoms with van der Waals surface area (Å²) >= 11 is 1.25. The van der Waals surface area contributed by atoms with Crippen LogP contribution >= 0.6 is 11.8 Å². The number of carbonyl (C=O) groups is 2. The number of pyridine rings is 1. The van der Waals surface area contributed by atoms with Crippen LogP contribution in [0, 0.1) is 5.41 Å². The Morgan fingerprint density at radius 1 is 1.38 bits per heavy atom. The van der Waals surface area contributed by atoms with Gasteiger partial charge < -0.3 is 10.4 Å². The average molecular weight is 349 g/mol. The van der Waals surface area contributed by atoms with Crippen molar-refractivity contribution in [1.82, 2.24) is 20.2 Å². The number of H-pyrrole nitrogens is 1. The van der Waals surface area contributed by atoms with E-state index in [4.69, 9.17) is 5.11 Å². The Kier molecular flexibility index (Phi) is 5.55. The van der Waals surface area contributed by atoms with Gasteiger partial charge >= 0.3 is 5.97 Å². The van der Waals surface area contributed by atoms with Crippen LogP contribution in [0.15, 0.2) is 23.5 Å². The Hall–Kier alpha value is -2.42. The summed E-state index contributed by atoms with van der Waals surface area (Å²) < 4.78 is 0. The lowest BCUT2D eigenvalue weighted by Crippen LogP contribution is -2.28. The summed E-state index contributed by atoms with van der Waals surface area (Å²) in [6.07, 6.45) is 1.62. The third kappa shape index (κ3) is 4.79. The number of thioether (sulfide) groups is 1. The Bertz CT molecular complexity index is 739. The summed E-state index contributed by atoms with van der Waals surface area (Å²) in [6.45, 7) is 5.45. The molecule has 0 bridgehead atoms. The molecule has 2 aromatic rings. The van der Waals surface area contributed by atoms with E-state index < -0.39 is 11.4 Å². The minimum Gasteiger partial charge on any atom is -0.481 e. The first kappa shape index (κ1) is 17.9. The van der Waals surface area contributed by atoms with Crippen molar-refractivity contribution in [3.8, 4) is 11.4 Å². The number of carboxylic acid groups (broad SMARTS) is 1. The van der Waals surface area contributed by atoms with Crippen molar-refractivity contribution in [2.45, 2.75) is 32.3 Å². The molecule has 0 aliphatic rings. The zero-order valence-electron chi connectivity index (χ0n) is 13.7. The van der Waals surface area contributed by atoms with Crippen LogP contribution < -0.4 is 5.32 Å². The van der Waals surface area contributed by atoms with Crippen molar-refractivity contribution >= 4 is 29.5 Å². The first-order valence-electron chi connectivity index (χ1n) is 7.31. The highest BCUT2D eigenvalue weighted by Gasteiger charge is 2.23. The smallest absolute Gasteiger partial charge is 0.304 e. The predicted octanol–water partition coefficient (Wildman–Crippen LogP) is 2.42. The van der Waals surface area contributed by atoms with E-state index in [1.165, 1.54) is 11.8 Å². The highest BCUT2D eigenvalue weighted by Crippen LogP contribution is 2.26. The van der Waals surface area contributed by atoms with Gasteiger partial charge in [0, 0.05) is 17.4 Å². The number of carbonyl (C=O) groups excluding carboxylic acids is 1. The van der Waals surface area contributed by atoms with Crippen LogP contribution in [0.5, 0.6) is 0 Å². The van der Waals surface area contributed by atoms with Gasteiger partial charge in [0.05, 0.1) is 12.0 Å². The lowest BCUT2D eigenvalue weighted by Gasteiger charge is -2.18. The van der Waals surface area contributed by atoms with Crippen molar-refractivity contribution in [2.24, 2.45) is 5.41 Å². The van der Waals surface area contributed by atoms with E-state index in [9.17, 15) is 9.59 Å². The molecular weight excluding hydrogens is 330 g/mol. The number of aromatic nitrogens is 4. The molecule has 0 unspecified atom stereocenters. The third-order valence-corrected chi connectivity index (χ3v) is 3.84. The molecule has 3 N–H and O–H groups in total. The van der Waals surface area contributed by atoms with Crippen molar-refractivity contribution in [1.29, 1.82) is 0 Å². The molecule has 0 atom stereocenters. The molecule has 2 aromatic heterocycles. The number of hydrogen-bond acceptors (Lipinski definition) is 6. The minimum atomic E-state index is -0.863. The van der Waals surface area contributed by atoms with Crippen LogP contribution in [-0.2, 0) is 9.59 Å². The number of aliphatic carboxylic acids is 1. The number of anilines is 1. The molecule has 8 nitrogen and oxygen atoms in total. The monoisotopic (exact) mass is 349 g/mol. The lowest BCUT2D eigenvalue weighted by atomic mass is 9.95. The van der Waals surface area contributed by atoms with E-state index in [0.717, 1.165) is 0 Å². The molecule has 128 valence electrons. The second-order valence-corrected chi connectivity index (χ2v) is 7.12. The molecule has 0 fully saturated rings. The van der Waals surface area contributed by atoms with Crippen LogP contribution in [0.1, 0.15) is 27.2 Å². The number of rotatable bonds is 6. The Morgan fingerprint density at radius 2 is 2.12 bits per heavy atom. The van der Waals surface area contributed by atoms with Crippen LogP contribution in [0.3, 0.4) is 0 Å². The number of hydrogen-bond donors (Lipinski definition) is 3. The number of nitrogens with zero attached hydrogens (tertiary/aromatic N) is 3. The van der Waals surface area contributed by atoms with Gasteiger partial charge in [0.25, 0.3) is 0 Å². The standard InChI is InChI=1S/C15H19N5O3S/c1-15(2,3)13(23)17-11-9(5-4-7-16-11)12-18-14(20-19-12)24-8-6-10(21)22/h4-5,7H,6,8H2,1-3H3,(H,21,22)(H,16,17,23)(H,18,19,20). The van der Waals surface area contributed by atoms with Crippen molar-refractivity contribution < 1.29 is 14.7 Å². The quantitative estimate of drug-likeness (QED) is 0.685. The summed E-state index contributed by atoms with van der Waals surface area (Å²) in [5.41, 5.74) is 0.0707. The van der Waals surface area contributed by atoms with Crippen LogP contribution in [0.4, 0.5) is 5.82 Å². The van der Waals surface area contributed by atoms with E-state index in [1.807, 2.05) is 20.8 Å². The van der Waals surface area contributed by atoms with Crippen molar-refractivity contribution in [3.05, 3.63) is 18.3 Å². The Labute approximate surface area is 143 Å². The zero-order chi connectivity index (χ0) is 17.7. The fraction of sp³-hybridized carbons (Fsp3) is 0.400. The summed E-state index contributed by atoms with van der Waals surface area (Å²) in [4.78, 5) is 31.2. The molecule has 24 heavy (non-hydrogen) atoms. The van der Waals surface area contributed by atoms with Gasteiger partial charge in [-0.3, -0.25) is 14.7 Å². The maximum atomic E-state index is 12.2. The molecule has 2 rings (SSSR count).